The van der Waals surface area contributed by atoms with Crippen molar-refractivity contribution in [3.63, 3.8) is 0 Å². The van der Waals surface area contributed by atoms with E-state index in [-0.39, 0.29) is 6.04 Å². The van der Waals surface area contributed by atoms with Crippen LogP contribution in [-0.4, -0.2) is 29.4 Å². The minimum Gasteiger partial charge on any atom is -0.370 e. The lowest BCUT2D eigenvalue weighted by molar-refractivity contribution is -0.118. The molecule has 0 saturated carbocycles. The van der Waals surface area contributed by atoms with Gasteiger partial charge in [-0.3, -0.25) is 4.79 Å². The molecule has 0 radical (unpaired) electrons. The lowest BCUT2D eigenvalue weighted by Crippen LogP contribution is -2.21. The van der Waals surface area contributed by atoms with Crippen molar-refractivity contribution in [3.8, 4) is 0 Å². The number of hydrogen-bond donors (Lipinski definition) is 1. The molecule has 1 amide bonds. The van der Waals surface area contributed by atoms with E-state index >= 15 is 0 Å². The molecule has 0 aliphatic carbocycles. The first kappa shape index (κ1) is 12.9. The minimum atomic E-state index is 0.217. The van der Waals surface area contributed by atoms with E-state index in [1.54, 1.807) is 0 Å². The molecule has 1 aromatic rings. The van der Waals surface area contributed by atoms with Crippen molar-refractivity contribution < 1.29 is 4.79 Å². The van der Waals surface area contributed by atoms with Crippen molar-refractivity contribution in [3.05, 3.63) is 23.9 Å². The van der Waals surface area contributed by atoms with Gasteiger partial charge in [0, 0.05) is 19.3 Å². The van der Waals surface area contributed by atoms with Gasteiger partial charge in [-0.2, -0.15) is 0 Å². The first-order chi connectivity index (χ1) is 8.70. The van der Waals surface area contributed by atoms with Crippen LogP contribution in [0.15, 0.2) is 18.3 Å². The number of amides is 1. The van der Waals surface area contributed by atoms with Crippen molar-refractivity contribution in [2.75, 3.05) is 18.4 Å². The minimum absolute atomic E-state index is 0.217. The molecule has 1 atom stereocenters. The second-order valence-corrected chi connectivity index (χ2v) is 5.25. The molecule has 1 fully saturated rings. The monoisotopic (exact) mass is 247 g/mol. The summed E-state index contributed by atoms with van der Waals surface area (Å²) in [7, 11) is 0. The zero-order valence-electron chi connectivity index (χ0n) is 11.1. The normalized spacial score (nSPS) is 19.3. The molecule has 1 N–H and O–H groups in total. The third kappa shape index (κ3) is 3.00. The van der Waals surface area contributed by atoms with E-state index < -0.39 is 0 Å². The number of pyridine rings is 1. The predicted molar refractivity (Wildman–Crippen MR) is 72.3 cm³/mol. The number of rotatable bonds is 5. The van der Waals surface area contributed by atoms with Gasteiger partial charge in [-0.15, -0.1) is 0 Å². The van der Waals surface area contributed by atoms with E-state index in [4.69, 9.17) is 0 Å². The molecule has 18 heavy (non-hydrogen) atoms. The molecule has 4 nitrogen and oxygen atoms in total. The Morgan fingerprint density at radius 1 is 1.56 bits per heavy atom. The van der Waals surface area contributed by atoms with Crippen molar-refractivity contribution in [1.82, 2.24) is 9.88 Å². The standard InChI is InChI=1S/C14H21N3O/c1-11(2)8-15-14-6-5-12(9-16-14)13-4-3-7-17(13)10-18/h5-6,9-11,13H,3-4,7-8H2,1-2H3,(H,15,16). The van der Waals surface area contributed by atoms with Gasteiger partial charge in [0.15, 0.2) is 0 Å². The topological polar surface area (TPSA) is 45.2 Å². The van der Waals surface area contributed by atoms with Gasteiger partial charge in [-0.25, -0.2) is 4.98 Å². The Bertz CT molecular complexity index is 389. The van der Waals surface area contributed by atoms with Crippen molar-refractivity contribution in [1.29, 1.82) is 0 Å². The number of carbonyl (C=O) groups is 1. The molecule has 0 bridgehead atoms. The van der Waals surface area contributed by atoms with Crippen LogP contribution < -0.4 is 5.32 Å². The van der Waals surface area contributed by atoms with Gasteiger partial charge in [0.1, 0.15) is 5.82 Å². The molecule has 1 aliphatic heterocycles. The maximum atomic E-state index is 10.9. The first-order valence-electron chi connectivity index (χ1n) is 6.61. The molecule has 1 aliphatic rings. The fourth-order valence-corrected chi connectivity index (χ4v) is 2.29. The molecule has 1 aromatic heterocycles. The predicted octanol–water partition coefficient (Wildman–Crippen LogP) is 2.44. The molecular weight excluding hydrogens is 226 g/mol. The highest BCUT2D eigenvalue weighted by atomic mass is 16.1. The van der Waals surface area contributed by atoms with Gasteiger partial charge in [-0.05, 0) is 30.4 Å². The Morgan fingerprint density at radius 3 is 3.00 bits per heavy atom. The lowest BCUT2D eigenvalue weighted by Gasteiger charge is -2.20. The molecule has 0 spiro atoms. The van der Waals surface area contributed by atoms with Gasteiger partial charge < -0.3 is 10.2 Å². The summed E-state index contributed by atoms with van der Waals surface area (Å²) in [5.74, 6) is 1.51. The Morgan fingerprint density at radius 2 is 2.39 bits per heavy atom. The molecule has 1 saturated heterocycles. The highest BCUT2D eigenvalue weighted by Crippen LogP contribution is 2.30. The van der Waals surface area contributed by atoms with E-state index in [9.17, 15) is 4.79 Å². The molecule has 0 aromatic carbocycles. The van der Waals surface area contributed by atoms with Crippen molar-refractivity contribution in [2.24, 2.45) is 5.92 Å². The van der Waals surface area contributed by atoms with Crippen LogP contribution in [-0.2, 0) is 4.79 Å². The highest BCUT2D eigenvalue weighted by molar-refractivity contribution is 5.49. The van der Waals surface area contributed by atoms with Gasteiger partial charge in [0.2, 0.25) is 6.41 Å². The summed E-state index contributed by atoms with van der Waals surface area (Å²) in [6.07, 6.45) is 4.95. The summed E-state index contributed by atoms with van der Waals surface area (Å²) in [6.45, 7) is 6.13. The number of likely N-dealkylation sites (tertiary alicyclic amines) is 1. The summed E-state index contributed by atoms with van der Waals surface area (Å²) in [4.78, 5) is 17.2. The van der Waals surface area contributed by atoms with E-state index in [2.05, 4.69) is 30.2 Å². The van der Waals surface area contributed by atoms with Crippen molar-refractivity contribution in [2.45, 2.75) is 32.7 Å². The van der Waals surface area contributed by atoms with Crippen LogP contribution >= 0.6 is 0 Å². The summed E-state index contributed by atoms with van der Waals surface area (Å²) in [5, 5.41) is 3.29. The third-order valence-electron chi connectivity index (χ3n) is 3.29. The molecule has 1 unspecified atom stereocenters. The van der Waals surface area contributed by atoms with Crippen LogP contribution in [0, 0.1) is 5.92 Å². The quantitative estimate of drug-likeness (QED) is 0.813. The number of aromatic nitrogens is 1. The number of anilines is 1. The maximum Gasteiger partial charge on any atom is 0.210 e. The smallest absolute Gasteiger partial charge is 0.210 e. The first-order valence-corrected chi connectivity index (χ1v) is 6.61. The maximum absolute atomic E-state index is 10.9. The van der Waals surface area contributed by atoms with E-state index in [1.807, 2.05) is 17.2 Å². The van der Waals surface area contributed by atoms with E-state index in [0.717, 1.165) is 43.7 Å². The average molecular weight is 247 g/mol. The molecule has 2 heterocycles. The summed E-state index contributed by atoms with van der Waals surface area (Å²) in [5.41, 5.74) is 1.13. The fourth-order valence-electron chi connectivity index (χ4n) is 2.29. The molecule has 98 valence electrons. The highest BCUT2D eigenvalue weighted by Gasteiger charge is 2.24. The zero-order chi connectivity index (χ0) is 13.0. The largest absolute Gasteiger partial charge is 0.370 e. The van der Waals surface area contributed by atoms with Crippen LogP contribution in [0.1, 0.15) is 38.3 Å². The third-order valence-corrected chi connectivity index (χ3v) is 3.29. The van der Waals surface area contributed by atoms with E-state index in [1.165, 1.54) is 0 Å². The van der Waals surface area contributed by atoms with E-state index in [0.29, 0.717) is 5.92 Å². The van der Waals surface area contributed by atoms with Crippen LogP contribution in [0.3, 0.4) is 0 Å². The number of nitrogens with zero attached hydrogens (tertiary/aromatic N) is 2. The van der Waals surface area contributed by atoms with Crippen LogP contribution in [0.25, 0.3) is 0 Å². The Balaban J connectivity index is 2.00. The Hall–Kier alpha value is -1.58. The number of nitrogens with one attached hydrogen (secondary N) is 1. The SMILES string of the molecule is CC(C)CNc1ccc(C2CCCN2C=O)cn1. The second-order valence-electron chi connectivity index (χ2n) is 5.25. The van der Waals surface area contributed by atoms with Crippen LogP contribution in [0.5, 0.6) is 0 Å². The molecular formula is C14H21N3O. The second kappa shape index (κ2) is 5.85. The average Bonchev–Trinajstić information content (AvgIpc) is 2.85. The Kier molecular flexibility index (Phi) is 4.18. The number of hydrogen-bond acceptors (Lipinski definition) is 3. The van der Waals surface area contributed by atoms with Gasteiger partial charge in [0.25, 0.3) is 0 Å². The molecule has 2 rings (SSSR count). The summed E-state index contributed by atoms with van der Waals surface area (Å²) >= 11 is 0. The van der Waals surface area contributed by atoms with Gasteiger partial charge in [0.05, 0.1) is 6.04 Å². The Labute approximate surface area is 108 Å². The van der Waals surface area contributed by atoms with Gasteiger partial charge >= 0.3 is 0 Å². The fraction of sp³-hybridized carbons (Fsp3) is 0.571. The van der Waals surface area contributed by atoms with Gasteiger partial charge in [-0.1, -0.05) is 19.9 Å². The lowest BCUT2D eigenvalue weighted by atomic mass is 10.1. The zero-order valence-corrected chi connectivity index (χ0v) is 11.1. The molecule has 4 heteroatoms. The summed E-state index contributed by atoms with van der Waals surface area (Å²) < 4.78 is 0. The van der Waals surface area contributed by atoms with Crippen LogP contribution in [0.4, 0.5) is 5.82 Å². The van der Waals surface area contributed by atoms with Crippen molar-refractivity contribution >= 4 is 12.2 Å². The summed E-state index contributed by atoms with van der Waals surface area (Å²) in [6, 6.07) is 4.29. The van der Waals surface area contributed by atoms with Crippen LogP contribution in [0.2, 0.25) is 0 Å². The number of carbonyl (C=O) groups excluding carboxylic acids is 1.